The Morgan fingerprint density at radius 3 is 2.62 bits per heavy atom. The van der Waals surface area contributed by atoms with Crippen molar-refractivity contribution in [3.63, 3.8) is 0 Å². The van der Waals surface area contributed by atoms with Gasteiger partial charge in [-0.1, -0.05) is 0 Å². The van der Waals surface area contributed by atoms with Gasteiger partial charge in [-0.3, -0.25) is 4.79 Å². The zero-order chi connectivity index (χ0) is 12.1. The topological polar surface area (TPSA) is 82.4 Å². The average Bonchev–Trinajstić information content (AvgIpc) is 2.52. The van der Waals surface area contributed by atoms with Crippen LogP contribution in [-0.4, -0.2) is 18.4 Å². The minimum Gasteiger partial charge on any atom is -0.550 e. The van der Waals surface area contributed by atoms with Gasteiger partial charge in [-0.2, -0.15) is 0 Å². The lowest BCUT2D eigenvalue weighted by Crippen LogP contribution is -2.27. The molecule has 16 heavy (non-hydrogen) atoms. The molecule has 0 fully saturated rings. The molecule has 5 heteroatoms. The maximum atomic E-state index is 11.6. The second-order valence-corrected chi connectivity index (χ2v) is 3.56. The predicted molar refractivity (Wildman–Crippen MR) is 54.8 cm³/mol. The number of carboxylic acid groups (broad SMARTS) is 1. The number of carboxylic acids is 1. The Hall–Kier alpha value is -1.78. The zero-order valence-electron chi connectivity index (χ0n) is 9.33. The summed E-state index contributed by atoms with van der Waals surface area (Å²) in [7, 11) is 0. The summed E-state index contributed by atoms with van der Waals surface area (Å²) in [6, 6.07) is 1.66. The molecule has 88 valence electrons. The van der Waals surface area contributed by atoms with Gasteiger partial charge in [0, 0.05) is 12.5 Å². The molecule has 1 rings (SSSR count). The Bertz CT molecular complexity index is 395. The molecule has 0 atom stereocenters. The van der Waals surface area contributed by atoms with Crippen LogP contribution in [0.2, 0.25) is 0 Å². The van der Waals surface area contributed by atoms with E-state index >= 15 is 0 Å². The van der Waals surface area contributed by atoms with E-state index < -0.39 is 5.97 Å². The molecule has 0 aliphatic carbocycles. The van der Waals surface area contributed by atoms with Crippen LogP contribution in [0.15, 0.2) is 10.5 Å². The molecular formula is C11H14NO4-. The third-order valence-electron chi connectivity index (χ3n) is 2.13. The van der Waals surface area contributed by atoms with Crippen molar-refractivity contribution in [3.8, 4) is 0 Å². The van der Waals surface area contributed by atoms with Gasteiger partial charge < -0.3 is 19.6 Å². The highest BCUT2D eigenvalue weighted by Crippen LogP contribution is 2.13. The van der Waals surface area contributed by atoms with Gasteiger partial charge >= 0.3 is 0 Å². The van der Waals surface area contributed by atoms with E-state index in [-0.39, 0.29) is 12.3 Å². The first-order valence-electron chi connectivity index (χ1n) is 5.06. The number of carbonyl (C=O) groups excluding carboxylic acids is 2. The quantitative estimate of drug-likeness (QED) is 0.722. The van der Waals surface area contributed by atoms with Crippen LogP contribution < -0.4 is 10.4 Å². The number of hydrogen-bond donors (Lipinski definition) is 1. The van der Waals surface area contributed by atoms with Crippen LogP contribution in [0.5, 0.6) is 0 Å². The van der Waals surface area contributed by atoms with E-state index in [9.17, 15) is 14.7 Å². The molecule has 0 radical (unpaired) electrons. The lowest BCUT2D eigenvalue weighted by Gasteiger charge is -2.04. The first-order valence-corrected chi connectivity index (χ1v) is 5.06. The van der Waals surface area contributed by atoms with Gasteiger partial charge in [0.05, 0.1) is 5.56 Å². The summed E-state index contributed by atoms with van der Waals surface area (Å²) < 4.78 is 5.22. The molecule has 1 heterocycles. The highest BCUT2D eigenvalue weighted by molar-refractivity contribution is 5.95. The van der Waals surface area contributed by atoms with Gasteiger partial charge in [0.25, 0.3) is 5.91 Å². The molecular weight excluding hydrogens is 210 g/mol. The monoisotopic (exact) mass is 224 g/mol. The summed E-state index contributed by atoms with van der Waals surface area (Å²) in [5, 5.41) is 12.8. The Labute approximate surface area is 93.4 Å². The normalized spacial score (nSPS) is 10.1. The molecule has 0 spiro atoms. The van der Waals surface area contributed by atoms with Gasteiger partial charge in [0.1, 0.15) is 11.5 Å². The summed E-state index contributed by atoms with van der Waals surface area (Å²) in [5.74, 6) is -0.107. The highest BCUT2D eigenvalue weighted by Gasteiger charge is 2.12. The molecule has 1 N–H and O–H groups in total. The number of aryl methyl sites for hydroxylation is 2. The van der Waals surface area contributed by atoms with Crippen LogP contribution in [0.4, 0.5) is 0 Å². The van der Waals surface area contributed by atoms with E-state index in [1.807, 2.05) is 0 Å². The molecule has 0 bridgehead atoms. The van der Waals surface area contributed by atoms with Crippen molar-refractivity contribution in [2.24, 2.45) is 0 Å². The van der Waals surface area contributed by atoms with E-state index in [0.717, 1.165) is 0 Å². The van der Waals surface area contributed by atoms with Gasteiger partial charge in [-0.25, -0.2) is 0 Å². The molecule has 1 aromatic heterocycles. The first-order chi connectivity index (χ1) is 7.50. The van der Waals surface area contributed by atoms with Crippen molar-refractivity contribution < 1.29 is 19.1 Å². The number of furan rings is 1. The van der Waals surface area contributed by atoms with Crippen LogP contribution in [-0.2, 0) is 4.79 Å². The fourth-order valence-corrected chi connectivity index (χ4v) is 1.39. The first kappa shape index (κ1) is 12.3. The Morgan fingerprint density at radius 2 is 2.12 bits per heavy atom. The third-order valence-corrected chi connectivity index (χ3v) is 2.13. The van der Waals surface area contributed by atoms with Crippen LogP contribution in [0.3, 0.4) is 0 Å². The SMILES string of the molecule is Cc1cc(C(=O)NCCCC(=O)[O-])c(C)o1. The molecule has 5 nitrogen and oxygen atoms in total. The number of rotatable bonds is 5. The maximum Gasteiger partial charge on any atom is 0.254 e. The Kier molecular flexibility index (Phi) is 4.10. The minimum absolute atomic E-state index is 0.0519. The van der Waals surface area contributed by atoms with E-state index in [2.05, 4.69) is 5.32 Å². The van der Waals surface area contributed by atoms with Crippen molar-refractivity contribution in [1.29, 1.82) is 0 Å². The molecule has 1 aromatic rings. The molecule has 0 aliphatic rings. The van der Waals surface area contributed by atoms with Crippen LogP contribution in [0.1, 0.15) is 34.7 Å². The molecule has 0 aliphatic heterocycles. The van der Waals surface area contributed by atoms with E-state index in [1.54, 1.807) is 19.9 Å². The predicted octanol–water partition coefficient (Wildman–Crippen LogP) is 0.156. The third kappa shape index (κ3) is 3.42. The summed E-state index contributed by atoms with van der Waals surface area (Å²) >= 11 is 0. The molecule has 0 saturated carbocycles. The second kappa shape index (κ2) is 5.34. The summed E-state index contributed by atoms with van der Waals surface area (Å²) in [6.45, 7) is 3.79. The number of hydrogen-bond acceptors (Lipinski definition) is 4. The van der Waals surface area contributed by atoms with Gasteiger partial charge in [-0.05, 0) is 32.8 Å². The maximum absolute atomic E-state index is 11.6. The Morgan fingerprint density at radius 1 is 1.44 bits per heavy atom. The fraction of sp³-hybridized carbons (Fsp3) is 0.455. The number of aliphatic carboxylic acids is 1. The number of carbonyl (C=O) groups is 2. The van der Waals surface area contributed by atoms with Crippen LogP contribution in [0, 0.1) is 13.8 Å². The van der Waals surface area contributed by atoms with Gasteiger partial charge in [0.2, 0.25) is 0 Å². The molecule has 0 aromatic carbocycles. The van der Waals surface area contributed by atoms with Crippen molar-refractivity contribution in [2.75, 3.05) is 6.54 Å². The van der Waals surface area contributed by atoms with Crippen LogP contribution in [0.25, 0.3) is 0 Å². The zero-order valence-corrected chi connectivity index (χ0v) is 9.33. The van der Waals surface area contributed by atoms with Crippen LogP contribution >= 0.6 is 0 Å². The number of nitrogens with one attached hydrogen (secondary N) is 1. The fourth-order valence-electron chi connectivity index (χ4n) is 1.39. The van der Waals surface area contributed by atoms with Gasteiger partial charge in [-0.15, -0.1) is 0 Å². The van der Waals surface area contributed by atoms with Crippen molar-refractivity contribution in [2.45, 2.75) is 26.7 Å². The number of amides is 1. The minimum atomic E-state index is -1.11. The summed E-state index contributed by atoms with van der Waals surface area (Å²) in [5.41, 5.74) is 0.492. The standard InChI is InChI=1S/C11H15NO4/c1-7-6-9(8(2)16-7)11(15)12-5-3-4-10(13)14/h6H,3-5H2,1-2H3,(H,12,15)(H,13,14)/p-1. The smallest absolute Gasteiger partial charge is 0.254 e. The lowest BCUT2D eigenvalue weighted by atomic mass is 10.2. The molecule has 0 unspecified atom stereocenters. The molecule has 1 amide bonds. The lowest BCUT2D eigenvalue weighted by molar-refractivity contribution is -0.305. The van der Waals surface area contributed by atoms with Crippen molar-refractivity contribution >= 4 is 11.9 Å². The second-order valence-electron chi connectivity index (χ2n) is 3.56. The van der Waals surface area contributed by atoms with E-state index in [4.69, 9.17) is 4.42 Å². The van der Waals surface area contributed by atoms with Crippen molar-refractivity contribution in [3.05, 3.63) is 23.2 Å². The van der Waals surface area contributed by atoms with Crippen molar-refractivity contribution in [1.82, 2.24) is 5.32 Å². The molecule has 0 saturated heterocycles. The van der Waals surface area contributed by atoms with Gasteiger partial charge in [0.15, 0.2) is 0 Å². The highest BCUT2D eigenvalue weighted by atomic mass is 16.4. The Balaban J connectivity index is 2.41. The average molecular weight is 224 g/mol. The largest absolute Gasteiger partial charge is 0.550 e. The van der Waals surface area contributed by atoms with E-state index in [0.29, 0.717) is 30.0 Å². The summed E-state index contributed by atoms with van der Waals surface area (Å²) in [4.78, 5) is 21.7. The summed E-state index contributed by atoms with van der Waals surface area (Å²) in [6.07, 6.45) is 0.313. The van der Waals surface area contributed by atoms with E-state index in [1.165, 1.54) is 0 Å².